The van der Waals surface area contributed by atoms with Gasteiger partial charge in [0.15, 0.2) is 5.65 Å². The number of aryl methyl sites for hydroxylation is 2. The van der Waals surface area contributed by atoms with Gasteiger partial charge in [-0.1, -0.05) is 0 Å². The number of hydrogen-bond donors (Lipinski definition) is 2. The molecule has 4 rings (SSSR count). The molecule has 0 aromatic carbocycles. The van der Waals surface area contributed by atoms with Crippen molar-refractivity contribution in [2.75, 3.05) is 13.1 Å². The zero-order valence-corrected chi connectivity index (χ0v) is 14.4. The molecular weight excluding hydrogens is 320 g/mol. The van der Waals surface area contributed by atoms with Gasteiger partial charge < -0.3 is 19.7 Å². The van der Waals surface area contributed by atoms with Gasteiger partial charge in [-0.05, 0) is 36.8 Å². The summed E-state index contributed by atoms with van der Waals surface area (Å²) in [6.07, 6.45) is 2.63. The van der Waals surface area contributed by atoms with Crippen molar-refractivity contribution in [2.24, 2.45) is 18.9 Å². The molecule has 0 bridgehead atoms. The van der Waals surface area contributed by atoms with Crippen molar-refractivity contribution in [3.8, 4) is 0 Å². The van der Waals surface area contributed by atoms with E-state index in [2.05, 4.69) is 9.97 Å². The Kier molecular flexibility index (Phi) is 4.21. The normalized spacial score (nSPS) is 29.2. The van der Waals surface area contributed by atoms with Gasteiger partial charge in [-0.15, -0.1) is 0 Å². The average molecular weight is 344 g/mol. The van der Waals surface area contributed by atoms with E-state index in [4.69, 9.17) is 0 Å². The third-order valence-electron chi connectivity index (χ3n) is 5.74. The number of carbonyl (C=O) groups is 1. The summed E-state index contributed by atoms with van der Waals surface area (Å²) < 4.78 is 1.94. The molecule has 7 nitrogen and oxygen atoms in total. The summed E-state index contributed by atoms with van der Waals surface area (Å²) in [6.45, 7) is 1.38. The van der Waals surface area contributed by atoms with Crippen LogP contribution in [0.15, 0.2) is 18.3 Å². The molecule has 4 atom stereocenters. The smallest absolute Gasteiger partial charge is 0.223 e. The van der Waals surface area contributed by atoms with Gasteiger partial charge in [0.05, 0.1) is 12.2 Å². The third kappa shape index (κ3) is 3.02. The maximum absolute atomic E-state index is 12.6. The molecule has 7 heteroatoms. The maximum atomic E-state index is 12.6. The van der Waals surface area contributed by atoms with Crippen LogP contribution in [0.4, 0.5) is 0 Å². The number of nitrogens with zero attached hydrogens (tertiary/aromatic N) is 4. The Morgan fingerprint density at radius 2 is 1.92 bits per heavy atom. The van der Waals surface area contributed by atoms with Crippen LogP contribution in [0.3, 0.4) is 0 Å². The summed E-state index contributed by atoms with van der Waals surface area (Å²) in [5.41, 5.74) is 1.68. The molecule has 0 spiro atoms. The second kappa shape index (κ2) is 6.38. The number of carbonyl (C=O) groups excluding carboxylic acids is 1. The monoisotopic (exact) mass is 344 g/mol. The van der Waals surface area contributed by atoms with E-state index < -0.39 is 12.2 Å². The Balaban J connectivity index is 1.38. The Labute approximate surface area is 146 Å². The summed E-state index contributed by atoms with van der Waals surface area (Å²) >= 11 is 0. The number of likely N-dealkylation sites (tertiary alicyclic amines) is 1. The lowest BCUT2D eigenvalue weighted by atomic mass is 9.79. The topological polar surface area (TPSA) is 91.5 Å². The summed E-state index contributed by atoms with van der Waals surface area (Å²) in [4.78, 5) is 23.4. The Morgan fingerprint density at radius 3 is 2.56 bits per heavy atom. The summed E-state index contributed by atoms with van der Waals surface area (Å²) in [5.74, 6) is 1.60. The predicted molar refractivity (Wildman–Crippen MR) is 91.6 cm³/mol. The fourth-order valence-electron chi connectivity index (χ4n) is 4.28. The summed E-state index contributed by atoms with van der Waals surface area (Å²) in [5, 5.41) is 19.7. The molecule has 2 fully saturated rings. The fourth-order valence-corrected chi connectivity index (χ4v) is 4.28. The van der Waals surface area contributed by atoms with Gasteiger partial charge in [-0.25, -0.2) is 9.97 Å². The molecule has 2 aromatic heterocycles. The highest BCUT2D eigenvalue weighted by molar-refractivity contribution is 5.77. The molecular formula is C18H24N4O3. The molecule has 1 aliphatic carbocycles. The van der Waals surface area contributed by atoms with E-state index in [1.807, 2.05) is 28.6 Å². The van der Waals surface area contributed by atoms with Crippen molar-refractivity contribution in [3.05, 3.63) is 24.2 Å². The molecule has 1 aliphatic heterocycles. The van der Waals surface area contributed by atoms with Crippen LogP contribution >= 0.6 is 0 Å². The molecule has 134 valence electrons. The molecule has 0 radical (unpaired) electrons. The summed E-state index contributed by atoms with van der Waals surface area (Å²) in [6, 6.07) is 3.79. The predicted octanol–water partition coefficient (Wildman–Crippen LogP) is 0.491. The van der Waals surface area contributed by atoms with Gasteiger partial charge in [0.1, 0.15) is 11.3 Å². The van der Waals surface area contributed by atoms with E-state index in [0.29, 0.717) is 50.6 Å². The molecule has 1 amide bonds. The van der Waals surface area contributed by atoms with E-state index in [1.54, 1.807) is 6.20 Å². The van der Waals surface area contributed by atoms with Crippen molar-refractivity contribution < 1.29 is 15.0 Å². The van der Waals surface area contributed by atoms with E-state index in [1.165, 1.54) is 0 Å². The van der Waals surface area contributed by atoms with Crippen molar-refractivity contribution in [2.45, 2.75) is 37.9 Å². The van der Waals surface area contributed by atoms with E-state index in [9.17, 15) is 15.0 Å². The van der Waals surface area contributed by atoms with Crippen molar-refractivity contribution in [3.63, 3.8) is 0 Å². The number of aromatic nitrogens is 3. The highest BCUT2D eigenvalue weighted by atomic mass is 16.3. The molecule has 2 aromatic rings. The van der Waals surface area contributed by atoms with Crippen LogP contribution < -0.4 is 0 Å². The highest BCUT2D eigenvalue weighted by Gasteiger charge is 2.42. The lowest BCUT2D eigenvalue weighted by Crippen LogP contribution is -2.38. The number of fused-ring (bicyclic) bond motifs is 2. The number of rotatable bonds is 3. The van der Waals surface area contributed by atoms with Crippen LogP contribution in [0.5, 0.6) is 0 Å². The Morgan fingerprint density at radius 1 is 1.24 bits per heavy atom. The van der Waals surface area contributed by atoms with Crippen LogP contribution in [0.1, 0.15) is 25.1 Å². The first-order chi connectivity index (χ1) is 12.0. The molecule has 1 saturated heterocycles. The molecule has 2 aliphatic rings. The SMILES string of the molecule is Cn1c(CCC(=O)N2C[C@H]3C[C@H](O)[C@@H](O)C[C@H]3C2)nc2cccnc21. The fraction of sp³-hybridized carbons (Fsp3) is 0.611. The lowest BCUT2D eigenvalue weighted by Gasteiger charge is -2.31. The van der Waals surface area contributed by atoms with E-state index in [0.717, 1.165) is 17.0 Å². The van der Waals surface area contributed by atoms with Gasteiger partial charge in [0.25, 0.3) is 0 Å². The van der Waals surface area contributed by atoms with Gasteiger partial charge in [-0.3, -0.25) is 4.79 Å². The van der Waals surface area contributed by atoms with E-state index >= 15 is 0 Å². The molecule has 2 N–H and O–H groups in total. The van der Waals surface area contributed by atoms with Crippen molar-refractivity contribution in [1.82, 2.24) is 19.4 Å². The number of hydrogen-bond acceptors (Lipinski definition) is 5. The number of pyridine rings is 1. The number of imidazole rings is 1. The van der Waals surface area contributed by atoms with Crippen LogP contribution in [0.2, 0.25) is 0 Å². The Hall–Kier alpha value is -1.99. The first-order valence-corrected chi connectivity index (χ1v) is 8.93. The average Bonchev–Trinajstić information content (AvgIpc) is 3.15. The third-order valence-corrected chi connectivity index (χ3v) is 5.74. The van der Waals surface area contributed by atoms with Gasteiger partial charge >= 0.3 is 0 Å². The minimum Gasteiger partial charge on any atom is -0.390 e. The first-order valence-electron chi connectivity index (χ1n) is 8.93. The van der Waals surface area contributed by atoms with Crippen LogP contribution in [-0.4, -0.2) is 60.9 Å². The lowest BCUT2D eigenvalue weighted by molar-refractivity contribution is -0.130. The van der Waals surface area contributed by atoms with Crippen LogP contribution in [0, 0.1) is 11.8 Å². The number of aliphatic hydroxyl groups excluding tert-OH is 2. The van der Waals surface area contributed by atoms with Crippen molar-refractivity contribution >= 4 is 17.1 Å². The highest BCUT2D eigenvalue weighted by Crippen LogP contribution is 2.36. The Bertz CT molecular complexity index is 772. The molecule has 1 saturated carbocycles. The van der Waals surface area contributed by atoms with Gasteiger partial charge in [0, 0.05) is 39.2 Å². The second-order valence-electron chi connectivity index (χ2n) is 7.36. The molecule has 0 unspecified atom stereocenters. The zero-order valence-electron chi connectivity index (χ0n) is 14.4. The quantitative estimate of drug-likeness (QED) is 0.846. The van der Waals surface area contributed by atoms with Crippen LogP contribution in [-0.2, 0) is 18.3 Å². The van der Waals surface area contributed by atoms with Crippen LogP contribution in [0.25, 0.3) is 11.2 Å². The maximum Gasteiger partial charge on any atom is 0.223 e. The minimum absolute atomic E-state index is 0.124. The largest absolute Gasteiger partial charge is 0.390 e. The number of aliphatic hydroxyl groups is 2. The second-order valence-corrected chi connectivity index (χ2v) is 7.36. The van der Waals surface area contributed by atoms with Crippen molar-refractivity contribution in [1.29, 1.82) is 0 Å². The standard InChI is InChI=1S/C18H24N4O3/c1-21-16(20-13-3-2-6-19-18(13)21)4-5-17(25)22-9-11-7-14(23)15(24)8-12(11)10-22/h2-3,6,11-12,14-15,23-24H,4-5,7-10H2,1H3/t11-,12+,14-,15-/m0/s1. The zero-order chi connectivity index (χ0) is 17.6. The number of amides is 1. The minimum atomic E-state index is -0.649. The summed E-state index contributed by atoms with van der Waals surface area (Å²) in [7, 11) is 1.93. The first kappa shape index (κ1) is 16.5. The molecule has 3 heterocycles. The van der Waals surface area contributed by atoms with Gasteiger partial charge in [0.2, 0.25) is 5.91 Å². The van der Waals surface area contributed by atoms with E-state index in [-0.39, 0.29) is 5.91 Å². The van der Waals surface area contributed by atoms with Gasteiger partial charge in [-0.2, -0.15) is 0 Å². The molecule has 25 heavy (non-hydrogen) atoms.